The Morgan fingerprint density at radius 1 is 1.22 bits per heavy atom. The van der Waals surface area contributed by atoms with Gasteiger partial charge in [0.1, 0.15) is 11.5 Å². The molecule has 0 aliphatic heterocycles. The zero-order chi connectivity index (χ0) is 13.0. The van der Waals surface area contributed by atoms with Gasteiger partial charge in [-0.2, -0.15) is 0 Å². The minimum absolute atomic E-state index is 0.649. The van der Waals surface area contributed by atoms with Crippen molar-refractivity contribution in [3.8, 4) is 11.5 Å². The van der Waals surface area contributed by atoms with Gasteiger partial charge < -0.3 is 14.8 Å². The summed E-state index contributed by atoms with van der Waals surface area (Å²) in [5.74, 6) is 2.66. The van der Waals surface area contributed by atoms with E-state index in [0.29, 0.717) is 6.04 Å². The molecular formula is C15H23NO2. The van der Waals surface area contributed by atoms with Crippen LogP contribution in [-0.4, -0.2) is 20.3 Å². The number of ether oxygens (including phenoxy) is 2. The summed E-state index contributed by atoms with van der Waals surface area (Å²) >= 11 is 0. The lowest BCUT2D eigenvalue weighted by Gasteiger charge is -2.15. The van der Waals surface area contributed by atoms with Crippen LogP contribution in [0.5, 0.6) is 11.5 Å². The predicted molar refractivity (Wildman–Crippen MR) is 73.2 cm³/mol. The van der Waals surface area contributed by atoms with E-state index in [1.54, 1.807) is 14.2 Å². The minimum Gasteiger partial charge on any atom is -0.497 e. The highest BCUT2D eigenvalue weighted by atomic mass is 16.5. The first-order valence-electron chi connectivity index (χ1n) is 6.67. The Kier molecular flexibility index (Phi) is 4.48. The summed E-state index contributed by atoms with van der Waals surface area (Å²) in [4.78, 5) is 0. The highest BCUT2D eigenvalue weighted by molar-refractivity contribution is 5.40. The van der Waals surface area contributed by atoms with Crippen LogP contribution in [0, 0.1) is 5.92 Å². The summed E-state index contributed by atoms with van der Waals surface area (Å²) in [6, 6.07) is 6.59. The van der Waals surface area contributed by atoms with Crippen molar-refractivity contribution in [2.45, 2.75) is 38.8 Å². The first-order chi connectivity index (χ1) is 8.72. The number of benzene rings is 1. The fourth-order valence-corrected chi connectivity index (χ4v) is 2.67. The molecule has 1 aliphatic carbocycles. The quantitative estimate of drug-likeness (QED) is 0.870. The van der Waals surface area contributed by atoms with Gasteiger partial charge in [0.2, 0.25) is 0 Å². The maximum Gasteiger partial charge on any atom is 0.123 e. The Hall–Kier alpha value is -1.22. The van der Waals surface area contributed by atoms with E-state index < -0.39 is 0 Å². The third-order valence-corrected chi connectivity index (χ3v) is 3.76. The monoisotopic (exact) mass is 249 g/mol. The van der Waals surface area contributed by atoms with Gasteiger partial charge in [0.25, 0.3) is 0 Å². The van der Waals surface area contributed by atoms with Crippen molar-refractivity contribution >= 4 is 0 Å². The topological polar surface area (TPSA) is 30.5 Å². The number of rotatable bonds is 5. The molecule has 18 heavy (non-hydrogen) atoms. The zero-order valence-electron chi connectivity index (χ0n) is 11.5. The molecule has 2 atom stereocenters. The maximum absolute atomic E-state index is 5.39. The van der Waals surface area contributed by atoms with Gasteiger partial charge in [-0.1, -0.05) is 6.92 Å². The summed E-state index contributed by atoms with van der Waals surface area (Å²) in [7, 11) is 3.40. The molecular weight excluding hydrogens is 226 g/mol. The molecule has 3 heteroatoms. The molecule has 2 rings (SSSR count). The predicted octanol–water partition coefficient (Wildman–Crippen LogP) is 2.98. The Labute approximate surface area is 109 Å². The van der Waals surface area contributed by atoms with Gasteiger partial charge in [-0.15, -0.1) is 0 Å². The lowest BCUT2D eigenvalue weighted by Crippen LogP contribution is -2.26. The highest BCUT2D eigenvalue weighted by Gasteiger charge is 2.20. The molecule has 1 saturated carbocycles. The molecule has 1 aromatic carbocycles. The molecule has 2 unspecified atom stereocenters. The van der Waals surface area contributed by atoms with Gasteiger partial charge in [-0.3, -0.25) is 0 Å². The first kappa shape index (κ1) is 13.2. The summed E-state index contributed by atoms with van der Waals surface area (Å²) < 4.78 is 10.6. The van der Waals surface area contributed by atoms with Crippen LogP contribution < -0.4 is 14.8 Å². The van der Waals surface area contributed by atoms with Crippen molar-refractivity contribution in [2.75, 3.05) is 14.2 Å². The van der Waals surface area contributed by atoms with Gasteiger partial charge in [-0.05, 0) is 43.4 Å². The molecule has 1 fully saturated rings. The van der Waals surface area contributed by atoms with Gasteiger partial charge in [0, 0.05) is 18.2 Å². The van der Waals surface area contributed by atoms with Crippen LogP contribution in [0.2, 0.25) is 0 Å². The van der Waals surface area contributed by atoms with Crippen LogP contribution in [0.1, 0.15) is 31.7 Å². The second kappa shape index (κ2) is 6.10. The molecule has 100 valence electrons. The van der Waals surface area contributed by atoms with Crippen LogP contribution >= 0.6 is 0 Å². The summed E-state index contributed by atoms with van der Waals surface area (Å²) in [5.41, 5.74) is 1.16. The Bertz CT molecular complexity index is 392. The van der Waals surface area contributed by atoms with E-state index in [4.69, 9.17) is 9.47 Å². The van der Waals surface area contributed by atoms with E-state index in [1.807, 2.05) is 18.2 Å². The van der Waals surface area contributed by atoms with Crippen LogP contribution in [0.3, 0.4) is 0 Å². The van der Waals surface area contributed by atoms with Crippen molar-refractivity contribution in [3.05, 3.63) is 23.8 Å². The van der Waals surface area contributed by atoms with E-state index >= 15 is 0 Å². The molecule has 0 spiro atoms. The first-order valence-corrected chi connectivity index (χ1v) is 6.67. The molecule has 0 amide bonds. The lowest BCUT2D eigenvalue weighted by atomic mass is 10.1. The third-order valence-electron chi connectivity index (χ3n) is 3.76. The largest absolute Gasteiger partial charge is 0.497 e. The summed E-state index contributed by atoms with van der Waals surface area (Å²) in [6.45, 7) is 3.17. The number of nitrogens with one attached hydrogen (secondary N) is 1. The van der Waals surface area contributed by atoms with Gasteiger partial charge in [-0.25, -0.2) is 0 Å². The standard InChI is InChI=1S/C15H23NO2/c1-11-4-5-13(8-11)16-10-12-9-14(17-2)6-7-15(12)18-3/h6-7,9,11,13,16H,4-5,8,10H2,1-3H3. The average molecular weight is 249 g/mol. The summed E-state index contributed by atoms with van der Waals surface area (Å²) in [6.07, 6.45) is 3.91. The smallest absolute Gasteiger partial charge is 0.123 e. The molecule has 3 nitrogen and oxygen atoms in total. The van der Waals surface area contributed by atoms with Crippen LogP contribution in [0.25, 0.3) is 0 Å². The van der Waals surface area contributed by atoms with Gasteiger partial charge in [0.15, 0.2) is 0 Å². The Balaban J connectivity index is 1.98. The second-order valence-corrected chi connectivity index (χ2v) is 5.17. The third kappa shape index (κ3) is 3.16. The molecule has 0 aromatic heterocycles. The lowest BCUT2D eigenvalue weighted by molar-refractivity contribution is 0.394. The normalized spacial score (nSPS) is 23.1. The average Bonchev–Trinajstić information content (AvgIpc) is 2.81. The van der Waals surface area contributed by atoms with Crippen molar-refractivity contribution in [3.63, 3.8) is 0 Å². The minimum atomic E-state index is 0.649. The number of hydrogen-bond acceptors (Lipinski definition) is 3. The van der Waals surface area contributed by atoms with E-state index in [1.165, 1.54) is 19.3 Å². The number of methoxy groups -OCH3 is 2. The molecule has 1 aromatic rings. The molecule has 0 bridgehead atoms. The SMILES string of the molecule is COc1ccc(OC)c(CNC2CCC(C)C2)c1. The van der Waals surface area contributed by atoms with Crippen LogP contribution in [-0.2, 0) is 6.54 Å². The van der Waals surface area contributed by atoms with Crippen molar-refractivity contribution in [1.29, 1.82) is 0 Å². The Morgan fingerprint density at radius 2 is 2.06 bits per heavy atom. The molecule has 0 saturated heterocycles. The van der Waals surface area contributed by atoms with E-state index in [9.17, 15) is 0 Å². The van der Waals surface area contributed by atoms with Gasteiger partial charge >= 0.3 is 0 Å². The van der Waals surface area contributed by atoms with E-state index in [2.05, 4.69) is 12.2 Å². The van der Waals surface area contributed by atoms with Crippen molar-refractivity contribution in [1.82, 2.24) is 5.32 Å². The number of hydrogen-bond donors (Lipinski definition) is 1. The second-order valence-electron chi connectivity index (χ2n) is 5.17. The summed E-state index contributed by atoms with van der Waals surface area (Å²) in [5, 5.41) is 3.62. The maximum atomic E-state index is 5.39. The fraction of sp³-hybridized carbons (Fsp3) is 0.600. The molecule has 1 N–H and O–H groups in total. The fourth-order valence-electron chi connectivity index (χ4n) is 2.67. The highest BCUT2D eigenvalue weighted by Crippen LogP contribution is 2.27. The zero-order valence-corrected chi connectivity index (χ0v) is 11.5. The van der Waals surface area contributed by atoms with Gasteiger partial charge in [0.05, 0.1) is 14.2 Å². The van der Waals surface area contributed by atoms with E-state index in [0.717, 1.165) is 29.5 Å². The van der Waals surface area contributed by atoms with Crippen molar-refractivity contribution < 1.29 is 9.47 Å². The van der Waals surface area contributed by atoms with Crippen molar-refractivity contribution in [2.24, 2.45) is 5.92 Å². The Morgan fingerprint density at radius 3 is 2.67 bits per heavy atom. The molecule has 1 aliphatic rings. The molecule has 0 heterocycles. The molecule has 0 radical (unpaired) electrons. The van der Waals surface area contributed by atoms with Crippen LogP contribution in [0.15, 0.2) is 18.2 Å². The van der Waals surface area contributed by atoms with Crippen LogP contribution in [0.4, 0.5) is 0 Å². The van der Waals surface area contributed by atoms with E-state index in [-0.39, 0.29) is 0 Å².